The smallest absolute Gasteiger partial charge is 0.314 e. The molecule has 0 aromatic heterocycles. The van der Waals surface area contributed by atoms with Crippen LogP contribution >= 0.6 is 0 Å². The molecule has 4 N–H and O–H groups in total. The van der Waals surface area contributed by atoms with Crippen molar-refractivity contribution in [2.45, 2.75) is 32.1 Å². The van der Waals surface area contributed by atoms with Gasteiger partial charge in [0.05, 0.1) is 5.41 Å². The maximum absolute atomic E-state index is 11.8. The lowest BCUT2D eigenvalue weighted by Crippen LogP contribution is -2.51. The minimum atomic E-state index is -0.711. The van der Waals surface area contributed by atoms with Gasteiger partial charge in [0.1, 0.15) is 0 Å². The minimum Gasteiger partial charge on any atom is -0.381 e. The van der Waals surface area contributed by atoms with Crippen LogP contribution in [0.4, 0.5) is 4.79 Å². The van der Waals surface area contributed by atoms with E-state index < -0.39 is 11.3 Å². The number of primary amides is 1. The van der Waals surface area contributed by atoms with Gasteiger partial charge in [-0.3, -0.25) is 9.59 Å². The van der Waals surface area contributed by atoms with Crippen LogP contribution in [-0.2, 0) is 14.3 Å². The molecule has 4 amide bonds. The summed E-state index contributed by atoms with van der Waals surface area (Å²) in [5.74, 6) is -0.203. The first kappa shape index (κ1) is 17.5. The topological polar surface area (TPSA) is 114 Å². The van der Waals surface area contributed by atoms with E-state index in [0.717, 1.165) is 13.0 Å². The summed E-state index contributed by atoms with van der Waals surface area (Å²) in [4.78, 5) is 36.8. The van der Waals surface area contributed by atoms with Crippen LogP contribution < -0.4 is 16.4 Å². The molecule has 0 saturated carbocycles. The number of rotatable bonds is 7. The predicted octanol–water partition coefficient (Wildman–Crippen LogP) is -0.420. The van der Waals surface area contributed by atoms with Gasteiger partial charge in [0.2, 0.25) is 11.8 Å². The van der Waals surface area contributed by atoms with E-state index >= 15 is 0 Å². The van der Waals surface area contributed by atoms with Crippen molar-refractivity contribution in [2.24, 2.45) is 11.1 Å². The third-order valence-electron chi connectivity index (χ3n) is 4.62. The van der Waals surface area contributed by atoms with Gasteiger partial charge in [-0.25, -0.2) is 4.79 Å². The molecule has 2 saturated heterocycles. The molecule has 0 bridgehead atoms. The van der Waals surface area contributed by atoms with Crippen molar-refractivity contribution >= 4 is 17.8 Å². The van der Waals surface area contributed by atoms with Gasteiger partial charge in [0.15, 0.2) is 0 Å². The number of carbonyl (C=O) groups excluding carboxylic acids is 3. The molecule has 23 heavy (non-hydrogen) atoms. The third kappa shape index (κ3) is 4.82. The molecule has 2 heterocycles. The lowest BCUT2D eigenvalue weighted by Gasteiger charge is -2.34. The summed E-state index contributed by atoms with van der Waals surface area (Å²) >= 11 is 0. The summed E-state index contributed by atoms with van der Waals surface area (Å²) in [6.45, 7) is 3.16. The number of hydrogen-bond acceptors (Lipinski definition) is 4. The molecule has 0 spiro atoms. The number of nitrogens with one attached hydrogen (secondary N) is 2. The van der Waals surface area contributed by atoms with Gasteiger partial charge in [-0.05, 0) is 25.7 Å². The number of hydrogen-bond donors (Lipinski definition) is 3. The van der Waals surface area contributed by atoms with Crippen LogP contribution in [0.15, 0.2) is 0 Å². The number of carbonyl (C=O) groups is 3. The van der Waals surface area contributed by atoms with E-state index in [4.69, 9.17) is 10.5 Å². The molecule has 2 rings (SSSR count). The van der Waals surface area contributed by atoms with Crippen LogP contribution in [0.5, 0.6) is 0 Å². The first-order valence-electron chi connectivity index (χ1n) is 8.21. The zero-order chi connectivity index (χ0) is 16.7. The van der Waals surface area contributed by atoms with Gasteiger partial charge in [0.25, 0.3) is 0 Å². The summed E-state index contributed by atoms with van der Waals surface area (Å²) < 4.78 is 5.25. The first-order valence-corrected chi connectivity index (χ1v) is 8.21. The molecule has 130 valence electrons. The lowest BCUT2D eigenvalue weighted by molar-refractivity contribution is -0.132. The fraction of sp³-hybridized carbons (Fsp3) is 0.800. The monoisotopic (exact) mass is 326 g/mol. The lowest BCUT2D eigenvalue weighted by atomic mass is 9.79. The Balaban J connectivity index is 1.64. The molecule has 0 aromatic carbocycles. The Bertz CT molecular complexity index is 449. The van der Waals surface area contributed by atoms with Crippen LogP contribution in [0.25, 0.3) is 0 Å². The van der Waals surface area contributed by atoms with E-state index in [0.29, 0.717) is 52.0 Å². The van der Waals surface area contributed by atoms with E-state index in [1.165, 1.54) is 0 Å². The van der Waals surface area contributed by atoms with Crippen molar-refractivity contribution < 1.29 is 19.1 Å². The van der Waals surface area contributed by atoms with E-state index in [1.54, 1.807) is 0 Å². The summed E-state index contributed by atoms with van der Waals surface area (Å²) in [7, 11) is 0. The highest BCUT2D eigenvalue weighted by Gasteiger charge is 2.38. The summed E-state index contributed by atoms with van der Waals surface area (Å²) in [5, 5.41) is 5.47. The average Bonchev–Trinajstić information content (AvgIpc) is 2.95. The Kier molecular flexibility index (Phi) is 6.20. The maximum atomic E-state index is 11.8. The molecule has 2 aliphatic rings. The van der Waals surface area contributed by atoms with E-state index in [1.807, 2.05) is 4.90 Å². The number of likely N-dealkylation sites (tertiary alicyclic amines) is 1. The SMILES string of the molecule is NC(=O)C1(CNC(=O)NCCCN2CCCC2=O)CCOCC1. The molecular formula is C15H26N4O4. The van der Waals surface area contributed by atoms with Gasteiger partial charge >= 0.3 is 6.03 Å². The number of amides is 4. The van der Waals surface area contributed by atoms with Crippen molar-refractivity contribution in [3.8, 4) is 0 Å². The Morgan fingerprint density at radius 2 is 2.00 bits per heavy atom. The average molecular weight is 326 g/mol. The molecule has 0 aromatic rings. The largest absolute Gasteiger partial charge is 0.381 e. The van der Waals surface area contributed by atoms with Gasteiger partial charge in [-0.15, -0.1) is 0 Å². The minimum absolute atomic E-state index is 0.192. The van der Waals surface area contributed by atoms with Crippen LogP contribution in [0.2, 0.25) is 0 Å². The predicted molar refractivity (Wildman–Crippen MR) is 83.5 cm³/mol. The molecule has 0 radical (unpaired) electrons. The second-order valence-electron chi connectivity index (χ2n) is 6.20. The Labute approximate surface area is 136 Å². The standard InChI is InChI=1S/C15H26N4O4/c16-13(21)15(4-9-23-10-5-15)11-18-14(22)17-6-2-8-19-7-1-3-12(19)20/h1-11H2,(H2,16,21)(H2,17,18,22). The van der Waals surface area contributed by atoms with Gasteiger partial charge in [-0.2, -0.15) is 0 Å². The zero-order valence-corrected chi connectivity index (χ0v) is 13.4. The Hall–Kier alpha value is -1.83. The van der Waals surface area contributed by atoms with Gasteiger partial charge in [-0.1, -0.05) is 0 Å². The summed E-state index contributed by atoms with van der Waals surface area (Å²) in [6, 6.07) is -0.315. The molecule has 8 nitrogen and oxygen atoms in total. The van der Waals surface area contributed by atoms with Crippen molar-refractivity contribution in [2.75, 3.05) is 39.4 Å². The fourth-order valence-electron chi connectivity index (χ4n) is 3.00. The quantitative estimate of drug-likeness (QED) is 0.551. The fourth-order valence-corrected chi connectivity index (χ4v) is 3.00. The van der Waals surface area contributed by atoms with Crippen LogP contribution in [0.3, 0.4) is 0 Å². The molecular weight excluding hydrogens is 300 g/mol. The van der Waals surface area contributed by atoms with Crippen molar-refractivity contribution in [3.63, 3.8) is 0 Å². The highest BCUT2D eigenvalue weighted by atomic mass is 16.5. The number of ether oxygens (including phenoxy) is 1. The number of nitrogens with zero attached hydrogens (tertiary/aromatic N) is 1. The second-order valence-corrected chi connectivity index (χ2v) is 6.20. The van der Waals surface area contributed by atoms with E-state index in [2.05, 4.69) is 10.6 Å². The van der Waals surface area contributed by atoms with Gasteiger partial charge < -0.3 is 26.0 Å². The Morgan fingerprint density at radius 3 is 2.61 bits per heavy atom. The van der Waals surface area contributed by atoms with Gasteiger partial charge in [0, 0.05) is 45.8 Å². The second kappa shape index (κ2) is 8.14. The normalized spacial score (nSPS) is 20.3. The third-order valence-corrected chi connectivity index (χ3v) is 4.62. The number of urea groups is 1. The van der Waals surface area contributed by atoms with Crippen LogP contribution in [0, 0.1) is 5.41 Å². The molecule has 0 atom stereocenters. The summed E-state index contributed by atoms with van der Waals surface area (Å²) in [5.41, 5.74) is 4.78. The van der Waals surface area contributed by atoms with Crippen LogP contribution in [0.1, 0.15) is 32.1 Å². The first-order chi connectivity index (χ1) is 11.0. The molecule has 0 aliphatic carbocycles. The van der Waals surface area contributed by atoms with Crippen molar-refractivity contribution in [1.29, 1.82) is 0 Å². The molecule has 2 fully saturated rings. The highest BCUT2D eigenvalue weighted by Crippen LogP contribution is 2.29. The highest BCUT2D eigenvalue weighted by molar-refractivity contribution is 5.82. The van der Waals surface area contributed by atoms with Crippen LogP contribution in [-0.4, -0.2) is 62.1 Å². The van der Waals surface area contributed by atoms with E-state index in [-0.39, 0.29) is 18.5 Å². The summed E-state index contributed by atoms with van der Waals surface area (Å²) in [6.07, 6.45) is 3.33. The Morgan fingerprint density at radius 1 is 1.26 bits per heavy atom. The molecule has 8 heteroatoms. The van der Waals surface area contributed by atoms with E-state index in [9.17, 15) is 14.4 Å². The van der Waals surface area contributed by atoms with Crippen molar-refractivity contribution in [1.82, 2.24) is 15.5 Å². The molecule has 0 unspecified atom stereocenters. The maximum Gasteiger partial charge on any atom is 0.314 e. The van der Waals surface area contributed by atoms with Crippen molar-refractivity contribution in [3.05, 3.63) is 0 Å². The zero-order valence-electron chi connectivity index (χ0n) is 13.4. The molecule has 2 aliphatic heterocycles. The number of nitrogens with two attached hydrogens (primary N) is 1.